The molecule has 2 aromatic carbocycles. The Morgan fingerprint density at radius 3 is 1.53 bits per heavy atom. The fourth-order valence-corrected chi connectivity index (χ4v) is 5.06. The van der Waals surface area contributed by atoms with E-state index in [9.17, 15) is 29.7 Å². The van der Waals surface area contributed by atoms with Crippen LogP contribution in [0.3, 0.4) is 0 Å². The number of rotatable bonds is 24. The molecule has 2 atom stereocenters. The van der Waals surface area contributed by atoms with Crippen LogP contribution in [0.1, 0.15) is 108 Å². The normalized spacial score (nSPS) is 14.6. The van der Waals surface area contributed by atoms with Gasteiger partial charge in [0.25, 0.3) is 0 Å². The average molecular weight is 617 g/mol. The maximum Gasteiger partial charge on any atom is 0.218 e. The Labute approximate surface area is 269 Å². The number of hydrogen-bond acceptors (Lipinski definition) is 6. The Bertz CT molecular complexity index is 1150. The van der Waals surface area contributed by atoms with Gasteiger partial charge in [0.15, 0.2) is 17.3 Å². The smallest absolute Gasteiger partial charge is 0.218 e. The minimum atomic E-state index is -3.05. The van der Waals surface area contributed by atoms with Crippen molar-refractivity contribution in [2.45, 2.75) is 115 Å². The van der Waals surface area contributed by atoms with Crippen molar-refractivity contribution in [1.29, 1.82) is 0 Å². The van der Waals surface area contributed by atoms with E-state index in [4.69, 9.17) is 0 Å². The van der Waals surface area contributed by atoms with Crippen LogP contribution >= 0.6 is 0 Å². The van der Waals surface area contributed by atoms with Crippen molar-refractivity contribution in [1.82, 2.24) is 0 Å². The predicted molar refractivity (Wildman–Crippen MR) is 182 cm³/mol. The molecule has 6 nitrogen and oxygen atoms in total. The Morgan fingerprint density at radius 1 is 0.644 bits per heavy atom. The first-order valence-electron chi connectivity index (χ1n) is 16.6. The van der Waals surface area contributed by atoms with E-state index in [1.165, 1.54) is 50.7 Å². The molecule has 45 heavy (non-hydrogen) atoms. The molecular weight excluding hydrogens is 564 g/mol. The number of carbonyl (C=O) groups is 3. The topological polar surface area (TPSA) is 112 Å². The van der Waals surface area contributed by atoms with Crippen LogP contribution in [-0.4, -0.2) is 50.5 Å². The molecule has 2 rings (SSSR count). The first-order valence-corrected chi connectivity index (χ1v) is 16.6. The highest BCUT2D eigenvalue weighted by Gasteiger charge is 2.51. The summed E-state index contributed by atoms with van der Waals surface area (Å²) >= 11 is 0. The zero-order chi connectivity index (χ0) is 32.8. The summed E-state index contributed by atoms with van der Waals surface area (Å²) in [6.07, 6.45) is 19.1. The van der Waals surface area contributed by atoms with Gasteiger partial charge in [-0.1, -0.05) is 143 Å². The van der Waals surface area contributed by atoms with Crippen molar-refractivity contribution >= 4 is 29.5 Å². The first kappa shape index (κ1) is 37.7. The molecule has 0 aliphatic carbocycles. The van der Waals surface area contributed by atoms with E-state index < -0.39 is 35.2 Å². The second-order valence-corrected chi connectivity index (χ2v) is 11.7. The number of ketones is 3. The van der Waals surface area contributed by atoms with Crippen molar-refractivity contribution in [3.63, 3.8) is 0 Å². The monoisotopic (exact) mass is 616 g/mol. The number of hydrogen-bond donors (Lipinski definition) is 3. The van der Waals surface area contributed by atoms with Gasteiger partial charge in [0.1, 0.15) is 12.2 Å². The molecule has 0 radical (unpaired) electrons. The molecule has 0 aliphatic heterocycles. The molecule has 6 heteroatoms. The molecule has 0 bridgehead atoms. The van der Waals surface area contributed by atoms with Crippen molar-refractivity contribution in [3.05, 3.63) is 96.1 Å². The van der Waals surface area contributed by atoms with Crippen LogP contribution in [-0.2, 0) is 14.4 Å². The molecule has 0 aromatic heterocycles. The molecule has 2 aromatic rings. The standard InChI is InChI=1S/C39H52O6/c1-2-3-4-5-6-7-8-9-10-11-12-13-14-15-22-27-34(40)37(43)38(44)39(45,35(41)30-28-32-23-18-16-19-24-32)36(42)31-29-33-25-20-17-21-26-33/h9-10,16-21,23-26,28-31,37-38,43-45H,2-8,11-15,22,27H2,1H3/b10-9-,30-28?,31-29?. The Balaban J connectivity index is 1.87. The Hall–Kier alpha value is -3.45. The largest absolute Gasteiger partial charge is 0.386 e. The fourth-order valence-electron chi connectivity index (χ4n) is 5.06. The lowest BCUT2D eigenvalue weighted by Crippen LogP contribution is -2.60. The van der Waals surface area contributed by atoms with Crippen LogP contribution in [0.25, 0.3) is 12.2 Å². The number of aliphatic hydroxyl groups excluding tert-OH is 2. The van der Waals surface area contributed by atoms with Crippen LogP contribution in [0.2, 0.25) is 0 Å². The Morgan fingerprint density at radius 2 is 1.07 bits per heavy atom. The molecule has 2 unspecified atom stereocenters. The minimum Gasteiger partial charge on any atom is -0.386 e. The molecule has 0 spiro atoms. The Kier molecular flexibility index (Phi) is 18.5. The molecular formula is C39H52O6. The molecule has 0 fully saturated rings. The zero-order valence-corrected chi connectivity index (χ0v) is 26.9. The SMILES string of the molecule is CCCCCCCC/C=C\CCCCCCCC(=O)C(O)C(O)C(O)(C(=O)C=Cc1ccccc1)C(=O)C=Cc1ccccc1. The highest BCUT2D eigenvalue weighted by Crippen LogP contribution is 2.22. The van der Waals surface area contributed by atoms with Crippen molar-refractivity contribution in [3.8, 4) is 0 Å². The van der Waals surface area contributed by atoms with Gasteiger partial charge >= 0.3 is 0 Å². The maximum absolute atomic E-state index is 13.2. The van der Waals surface area contributed by atoms with E-state index in [2.05, 4.69) is 19.1 Å². The van der Waals surface area contributed by atoms with Crippen molar-refractivity contribution in [2.24, 2.45) is 0 Å². The van der Waals surface area contributed by atoms with Crippen LogP contribution in [0.5, 0.6) is 0 Å². The van der Waals surface area contributed by atoms with Crippen molar-refractivity contribution in [2.75, 3.05) is 0 Å². The third-order valence-corrected chi connectivity index (χ3v) is 7.95. The quantitative estimate of drug-likeness (QED) is 0.0484. The highest BCUT2D eigenvalue weighted by molar-refractivity contribution is 6.21. The molecule has 0 saturated heterocycles. The van der Waals surface area contributed by atoms with Crippen LogP contribution in [0, 0.1) is 0 Å². The second-order valence-electron chi connectivity index (χ2n) is 11.7. The van der Waals surface area contributed by atoms with Gasteiger partial charge in [-0.15, -0.1) is 0 Å². The van der Waals surface area contributed by atoms with Gasteiger partial charge in [-0.3, -0.25) is 14.4 Å². The molecule has 0 heterocycles. The van der Waals surface area contributed by atoms with Gasteiger partial charge in [-0.05, 0) is 55.4 Å². The van der Waals surface area contributed by atoms with Crippen LogP contribution in [0.4, 0.5) is 0 Å². The summed E-state index contributed by atoms with van der Waals surface area (Å²) in [7, 11) is 0. The van der Waals surface area contributed by atoms with Gasteiger partial charge in [0.05, 0.1) is 0 Å². The van der Waals surface area contributed by atoms with E-state index in [0.29, 0.717) is 17.5 Å². The number of carbonyl (C=O) groups excluding carboxylic acids is 3. The summed E-state index contributed by atoms with van der Waals surface area (Å²) in [6, 6.07) is 17.5. The molecule has 244 valence electrons. The lowest BCUT2D eigenvalue weighted by molar-refractivity contribution is -0.169. The summed E-state index contributed by atoms with van der Waals surface area (Å²) in [6.45, 7) is 2.23. The van der Waals surface area contributed by atoms with Crippen LogP contribution < -0.4 is 0 Å². The number of benzene rings is 2. The fraction of sp³-hybridized carbons (Fsp3) is 0.462. The van der Waals surface area contributed by atoms with Gasteiger partial charge in [-0.25, -0.2) is 0 Å². The van der Waals surface area contributed by atoms with E-state index in [1.807, 2.05) is 0 Å². The number of allylic oxidation sites excluding steroid dienone is 2. The number of Topliss-reactive ketones (excluding diaryl/α,β-unsaturated/α-hetero) is 1. The maximum atomic E-state index is 13.2. The highest BCUT2D eigenvalue weighted by atomic mass is 16.4. The summed E-state index contributed by atoms with van der Waals surface area (Å²) in [4.78, 5) is 39.2. The third-order valence-electron chi connectivity index (χ3n) is 7.95. The van der Waals surface area contributed by atoms with Gasteiger partial charge in [0, 0.05) is 6.42 Å². The van der Waals surface area contributed by atoms with Gasteiger partial charge in [0.2, 0.25) is 5.60 Å². The van der Waals surface area contributed by atoms with E-state index in [1.54, 1.807) is 60.7 Å². The summed E-state index contributed by atoms with van der Waals surface area (Å²) in [5.74, 6) is -2.98. The first-order chi connectivity index (χ1) is 21.8. The molecule has 0 saturated carbocycles. The lowest BCUT2D eigenvalue weighted by atomic mass is 9.82. The van der Waals surface area contributed by atoms with E-state index in [-0.39, 0.29) is 6.42 Å². The molecule has 0 amide bonds. The summed E-state index contributed by atoms with van der Waals surface area (Å²) in [5.41, 5.74) is -1.78. The van der Waals surface area contributed by atoms with E-state index in [0.717, 1.165) is 50.7 Å². The lowest BCUT2D eigenvalue weighted by Gasteiger charge is -2.30. The average Bonchev–Trinajstić information content (AvgIpc) is 3.07. The minimum absolute atomic E-state index is 0.0332. The van der Waals surface area contributed by atoms with Crippen LogP contribution in [0.15, 0.2) is 85.0 Å². The van der Waals surface area contributed by atoms with Gasteiger partial charge in [-0.2, -0.15) is 0 Å². The third kappa shape index (κ3) is 14.0. The molecule has 3 N–H and O–H groups in total. The molecule has 0 aliphatic rings. The van der Waals surface area contributed by atoms with Crippen molar-refractivity contribution < 1.29 is 29.7 Å². The van der Waals surface area contributed by atoms with E-state index >= 15 is 0 Å². The zero-order valence-electron chi connectivity index (χ0n) is 26.9. The number of aliphatic hydroxyl groups is 3. The second kappa shape index (κ2) is 22.1. The predicted octanol–water partition coefficient (Wildman–Crippen LogP) is 7.61. The number of unbranched alkanes of at least 4 members (excludes halogenated alkanes) is 11. The summed E-state index contributed by atoms with van der Waals surface area (Å²) in [5, 5.41) is 32.9. The summed E-state index contributed by atoms with van der Waals surface area (Å²) < 4.78 is 0. The van der Waals surface area contributed by atoms with Gasteiger partial charge < -0.3 is 15.3 Å².